The number of nitrogens with one attached hydrogen (secondary N) is 2. The van der Waals surface area contributed by atoms with Crippen molar-refractivity contribution in [3.05, 3.63) is 53.8 Å². The molecule has 0 heterocycles. The first kappa shape index (κ1) is 24.9. The minimum Gasteiger partial charge on any atom is -0.352 e. The molecule has 2 rings (SSSR count). The molecule has 0 aliphatic rings. The van der Waals surface area contributed by atoms with Crippen molar-refractivity contribution in [3.8, 4) is 0 Å². The topological polar surface area (TPSA) is 61.4 Å². The summed E-state index contributed by atoms with van der Waals surface area (Å²) >= 11 is 1.40. The Balaban J connectivity index is 2.00. The van der Waals surface area contributed by atoms with Crippen LogP contribution in [0.15, 0.2) is 52.3 Å². The predicted molar refractivity (Wildman–Crippen MR) is 125 cm³/mol. The molecule has 5 nitrogen and oxygen atoms in total. The van der Waals surface area contributed by atoms with Crippen molar-refractivity contribution >= 4 is 29.3 Å². The zero-order valence-electron chi connectivity index (χ0n) is 18.5. The molecule has 2 N–H and O–H groups in total. The second-order valence-electron chi connectivity index (χ2n) is 7.40. The van der Waals surface area contributed by atoms with Gasteiger partial charge in [-0.3, -0.25) is 9.59 Å². The van der Waals surface area contributed by atoms with Gasteiger partial charge in [0.2, 0.25) is 5.91 Å². The highest BCUT2D eigenvalue weighted by molar-refractivity contribution is 7.99. The van der Waals surface area contributed by atoms with Gasteiger partial charge in [0.15, 0.2) is 0 Å². The lowest BCUT2D eigenvalue weighted by Crippen LogP contribution is -2.31. The van der Waals surface area contributed by atoms with Gasteiger partial charge in [0.25, 0.3) is 5.91 Å². The molecular formula is C24H32FN3O2S. The first-order valence-electron chi connectivity index (χ1n) is 10.8. The van der Waals surface area contributed by atoms with E-state index in [0.717, 1.165) is 48.7 Å². The number of hydrogen-bond donors (Lipinski definition) is 2. The fraction of sp³-hybridized carbons (Fsp3) is 0.417. The molecule has 0 atom stereocenters. The maximum atomic E-state index is 13.2. The van der Waals surface area contributed by atoms with Crippen molar-refractivity contribution in [1.82, 2.24) is 10.2 Å². The molecule has 0 saturated carbocycles. The zero-order valence-corrected chi connectivity index (χ0v) is 19.4. The van der Waals surface area contributed by atoms with Crippen LogP contribution in [0, 0.1) is 5.82 Å². The molecule has 2 amide bonds. The summed E-state index contributed by atoms with van der Waals surface area (Å²) in [7, 11) is 0. The molecule has 0 aromatic heterocycles. The molecule has 168 valence electrons. The molecule has 0 spiro atoms. The van der Waals surface area contributed by atoms with Crippen LogP contribution in [0.25, 0.3) is 0 Å². The molecule has 0 saturated heterocycles. The molecular weight excluding hydrogens is 413 g/mol. The maximum Gasteiger partial charge on any atom is 0.251 e. The van der Waals surface area contributed by atoms with Gasteiger partial charge in [-0.15, -0.1) is 0 Å². The van der Waals surface area contributed by atoms with Crippen molar-refractivity contribution in [1.29, 1.82) is 0 Å². The molecule has 0 fully saturated rings. The van der Waals surface area contributed by atoms with Crippen LogP contribution in [0.4, 0.5) is 10.1 Å². The van der Waals surface area contributed by atoms with Crippen LogP contribution in [0.5, 0.6) is 0 Å². The number of rotatable bonds is 12. The van der Waals surface area contributed by atoms with E-state index >= 15 is 0 Å². The van der Waals surface area contributed by atoms with Crippen molar-refractivity contribution < 1.29 is 14.0 Å². The molecule has 31 heavy (non-hydrogen) atoms. The van der Waals surface area contributed by atoms with Crippen LogP contribution in [-0.4, -0.2) is 42.9 Å². The second-order valence-corrected chi connectivity index (χ2v) is 8.51. The summed E-state index contributed by atoms with van der Waals surface area (Å²) in [5, 5.41) is 5.76. The Morgan fingerprint density at radius 3 is 2.29 bits per heavy atom. The van der Waals surface area contributed by atoms with Gasteiger partial charge in [0.1, 0.15) is 5.82 Å². The number of carbonyl (C=O) groups excluding carboxylic acids is 2. The standard InChI is InChI=1S/C24H32FN3O2S/c1-4-14-28(15-5-2)16-6-13-26-24(30)19-7-12-23(22(17-19)27-18(3)29)31-21-10-8-20(25)9-11-21/h7-12,17H,4-6,13-16H2,1-3H3,(H,26,30)(H,27,29). The van der Waals surface area contributed by atoms with Gasteiger partial charge >= 0.3 is 0 Å². The largest absolute Gasteiger partial charge is 0.352 e. The fourth-order valence-corrected chi connectivity index (χ4v) is 4.13. The Kier molecular flexibility index (Phi) is 10.5. The van der Waals surface area contributed by atoms with Crippen LogP contribution in [-0.2, 0) is 4.79 Å². The third-order valence-electron chi connectivity index (χ3n) is 4.61. The molecule has 2 aromatic rings. The number of carbonyl (C=O) groups is 2. The number of halogens is 1. The third-order valence-corrected chi connectivity index (χ3v) is 5.69. The van der Waals surface area contributed by atoms with E-state index in [4.69, 9.17) is 0 Å². The normalized spacial score (nSPS) is 10.9. The molecule has 0 radical (unpaired) electrons. The first-order valence-corrected chi connectivity index (χ1v) is 11.6. The van der Waals surface area contributed by atoms with Gasteiger partial charge in [-0.05, 0) is 81.4 Å². The van der Waals surface area contributed by atoms with Gasteiger partial charge in [-0.25, -0.2) is 4.39 Å². The van der Waals surface area contributed by atoms with E-state index in [0.29, 0.717) is 17.8 Å². The summed E-state index contributed by atoms with van der Waals surface area (Å²) in [6.45, 7) is 9.50. The van der Waals surface area contributed by atoms with Gasteiger partial charge in [-0.1, -0.05) is 25.6 Å². The van der Waals surface area contributed by atoms with Crippen molar-refractivity contribution in [2.24, 2.45) is 0 Å². The zero-order chi connectivity index (χ0) is 22.6. The van der Waals surface area contributed by atoms with Crippen molar-refractivity contribution in [3.63, 3.8) is 0 Å². The van der Waals surface area contributed by atoms with Crippen LogP contribution < -0.4 is 10.6 Å². The van der Waals surface area contributed by atoms with E-state index in [1.807, 2.05) is 0 Å². The smallest absolute Gasteiger partial charge is 0.251 e. The molecule has 2 aromatic carbocycles. The average molecular weight is 446 g/mol. The number of benzene rings is 2. The van der Waals surface area contributed by atoms with E-state index in [-0.39, 0.29) is 17.6 Å². The second kappa shape index (κ2) is 13.1. The quantitative estimate of drug-likeness (QED) is 0.442. The van der Waals surface area contributed by atoms with E-state index in [1.165, 1.54) is 30.8 Å². The third kappa shape index (κ3) is 8.71. The highest BCUT2D eigenvalue weighted by atomic mass is 32.2. The highest BCUT2D eigenvalue weighted by Gasteiger charge is 2.12. The number of amides is 2. The molecule has 0 unspecified atom stereocenters. The Morgan fingerprint density at radius 1 is 1.00 bits per heavy atom. The minimum absolute atomic E-state index is 0.164. The van der Waals surface area contributed by atoms with E-state index in [1.54, 1.807) is 30.3 Å². The van der Waals surface area contributed by atoms with Crippen LogP contribution in [0.3, 0.4) is 0 Å². The summed E-state index contributed by atoms with van der Waals surface area (Å²) in [5.41, 5.74) is 1.05. The highest BCUT2D eigenvalue weighted by Crippen LogP contribution is 2.34. The van der Waals surface area contributed by atoms with Crippen LogP contribution >= 0.6 is 11.8 Å². The summed E-state index contributed by atoms with van der Waals surface area (Å²) < 4.78 is 13.2. The Hall–Kier alpha value is -2.38. The van der Waals surface area contributed by atoms with Gasteiger partial charge in [-0.2, -0.15) is 0 Å². The minimum atomic E-state index is -0.300. The SMILES string of the molecule is CCCN(CCC)CCCNC(=O)c1ccc(Sc2ccc(F)cc2)c(NC(C)=O)c1. The molecule has 0 aliphatic carbocycles. The average Bonchev–Trinajstić information content (AvgIpc) is 2.73. The van der Waals surface area contributed by atoms with E-state index in [9.17, 15) is 14.0 Å². The predicted octanol–water partition coefficient (Wildman–Crippen LogP) is 5.18. The Bertz CT molecular complexity index is 852. The summed E-state index contributed by atoms with van der Waals surface area (Å²) in [5.74, 6) is -0.682. The number of anilines is 1. The molecule has 0 bridgehead atoms. The summed E-state index contributed by atoms with van der Waals surface area (Å²) in [6.07, 6.45) is 3.14. The lowest BCUT2D eigenvalue weighted by Gasteiger charge is -2.20. The summed E-state index contributed by atoms with van der Waals surface area (Å²) in [6, 6.07) is 11.4. The van der Waals surface area contributed by atoms with Gasteiger partial charge in [0.05, 0.1) is 5.69 Å². The summed E-state index contributed by atoms with van der Waals surface area (Å²) in [4.78, 5) is 28.3. The lowest BCUT2D eigenvalue weighted by molar-refractivity contribution is -0.114. The van der Waals surface area contributed by atoms with Crippen molar-refractivity contribution in [2.75, 3.05) is 31.5 Å². The van der Waals surface area contributed by atoms with Crippen LogP contribution in [0.1, 0.15) is 50.4 Å². The lowest BCUT2D eigenvalue weighted by atomic mass is 10.2. The Labute approximate surface area is 188 Å². The van der Waals surface area contributed by atoms with Crippen molar-refractivity contribution in [2.45, 2.75) is 49.8 Å². The first-order chi connectivity index (χ1) is 14.9. The van der Waals surface area contributed by atoms with E-state index < -0.39 is 0 Å². The molecule has 7 heteroatoms. The fourth-order valence-electron chi connectivity index (χ4n) is 3.25. The van der Waals surface area contributed by atoms with Gasteiger partial charge < -0.3 is 15.5 Å². The number of hydrogen-bond acceptors (Lipinski definition) is 4. The van der Waals surface area contributed by atoms with Crippen LogP contribution in [0.2, 0.25) is 0 Å². The monoisotopic (exact) mass is 445 g/mol. The maximum absolute atomic E-state index is 13.2. The number of nitrogens with zero attached hydrogens (tertiary/aromatic N) is 1. The van der Waals surface area contributed by atoms with Gasteiger partial charge in [0, 0.05) is 28.8 Å². The Morgan fingerprint density at radius 2 is 1.68 bits per heavy atom. The molecule has 0 aliphatic heterocycles. The van der Waals surface area contributed by atoms with E-state index in [2.05, 4.69) is 29.4 Å².